The Morgan fingerprint density at radius 1 is 1.00 bits per heavy atom. The maximum absolute atomic E-state index is 4.74. The minimum Gasteiger partial charge on any atom is -0.303 e. The van der Waals surface area contributed by atoms with Gasteiger partial charge in [-0.25, -0.2) is 4.68 Å². The van der Waals surface area contributed by atoms with E-state index in [4.69, 9.17) is 5.10 Å². The van der Waals surface area contributed by atoms with E-state index in [9.17, 15) is 0 Å². The van der Waals surface area contributed by atoms with Gasteiger partial charge >= 0.3 is 0 Å². The number of hydrogen-bond acceptors (Lipinski definition) is 2. The van der Waals surface area contributed by atoms with Crippen LogP contribution in [0.25, 0.3) is 16.6 Å². The van der Waals surface area contributed by atoms with E-state index in [1.807, 2.05) is 6.07 Å². The van der Waals surface area contributed by atoms with E-state index in [-0.39, 0.29) is 0 Å². The fourth-order valence-electron chi connectivity index (χ4n) is 3.53. The van der Waals surface area contributed by atoms with Gasteiger partial charge in [0.25, 0.3) is 0 Å². The van der Waals surface area contributed by atoms with Crippen molar-refractivity contribution in [3.05, 3.63) is 59.8 Å². The third-order valence-electron chi connectivity index (χ3n) is 4.85. The molecule has 2 heterocycles. The molecule has 0 N–H and O–H groups in total. The van der Waals surface area contributed by atoms with Gasteiger partial charge in [0.15, 0.2) is 0 Å². The fraction of sp³-hybridized carbons (Fsp3) is 0.350. The molecule has 1 aliphatic rings. The zero-order valence-corrected chi connectivity index (χ0v) is 13.7. The average molecular weight is 305 g/mol. The summed E-state index contributed by atoms with van der Waals surface area (Å²) < 4.78 is 2.05. The van der Waals surface area contributed by atoms with Crippen molar-refractivity contribution in [2.45, 2.75) is 26.2 Å². The zero-order chi connectivity index (χ0) is 15.6. The van der Waals surface area contributed by atoms with Crippen molar-refractivity contribution in [1.29, 1.82) is 0 Å². The van der Waals surface area contributed by atoms with Gasteiger partial charge in [-0.15, -0.1) is 0 Å². The Balaban J connectivity index is 1.63. The van der Waals surface area contributed by atoms with Gasteiger partial charge < -0.3 is 4.90 Å². The lowest BCUT2D eigenvalue weighted by Gasteiger charge is -2.14. The first kappa shape index (κ1) is 14.5. The predicted octanol–water partition coefficient (Wildman–Crippen LogP) is 3.97. The summed E-state index contributed by atoms with van der Waals surface area (Å²) in [6.45, 7) is 5.82. The second-order valence-electron chi connectivity index (χ2n) is 6.48. The molecule has 0 amide bonds. The van der Waals surface area contributed by atoms with Crippen molar-refractivity contribution in [2.24, 2.45) is 0 Å². The third-order valence-corrected chi connectivity index (χ3v) is 4.85. The molecular formula is C20H23N3. The Bertz CT molecular complexity index is 798. The molecule has 1 saturated heterocycles. The van der Waals surface area contributed by atoms with E-state index >= 15 is 0 Å². The van der Waals surface area contributed by atoms with E-state index in [2.05, 4.69) is 59.0 Å². The van der Waals surface area contributed by atoms with Crippen molar-refractivity contribution in [3.63, 3.8) is 0 Å². The van der Waals surface area contributed by atoms with Crippen molar-refractivity contribution in [2.75, 3.05) is 19.6 Å². The normalized spacial score (nSPS) is 15.5. The highest BCUT2D eigenvalue weighted by Gasteiger charge is 2.12. The molecule has 23 heavy (non-hydrogen) atoms. The number of hydrogen-bond donors (Lipinski definition) is 0. The van der Waals surface area contributed by atoms with Crippen LogP contribution >= 0.6 is 0 Å². The first-order chi connectivity index (χ1) is 11.3. The van der Waals surface area contributed by atoms with Crippen LogP contribution in [0, 0.1) is 6.92 Å². The second kappa shape index (κ2) is 6.17. The molecule has 3 heteroatoms. The van der Waals surface area contributed by atoms with E-state index in [1.54, 1.807) is 0 Å². The number of likely N-dealkylation sites (tertiary alicyclic amines) is 1. The Kier molecular flexibility index (Phi) is 3.88. The van der Waals surface area contributed by atoms with Crippen molar-refractivity contribution in [1.82, 2.24) is 14.7 Å². The lowest BCUT2D eigenvalue weighted by molar-refractivity contribution is 0.343. The van der Waals surface area contributed by atoms with Gasteiger partial charge in [-0.05, 0) is 69.1 Å². The molecule has 0 aliphatic carbocycles. The number of aryl methyl sites for hydroxylation is 1. The van der Waals surface area contributed by atoms with Crippen molar-refractivity contribution >= 4 is 10.9 Å². The highest BCUT2D eigenvalue weighted by molar-refractivity contribution is 5.84. The van der Waals surface area contributed by atoms with Crippen LogP contribution in [0.2, 0.25) is 0 Å². The number of aromatic nitrogens is 2. The van der Waals surface area contributed by atoms with Crippen LogP contribution in [-0.2, 0) is 6.42 Å². The molecule has 0 bridgehead atoms. The summed E-state index contributed by atoms with van der Waals surface area (Å²) in [5.41, 5.74) is 4.83. The predicted molar refractivity (Wildman–Crippen MR) is 95.2 cm³/mol. The van der Waals surface area contributed by atoms with Crippen LogP contribution in [0.15, 0.2) is 48.5 Å². The second-order valence-corrected chi connectivity index (χ2v) is 6.48. The zero-order valence-electron chi connectivity index (χ0n) is 13.7. The van der Waals surface area contributed by atoms with Crippen LogP contribution in [-0.4, -0.2) is 34.3 Å². The average Bonchev–Trinajstić information content (AvgIpc) is 3.22. The molecule has 0 spiro atoms. The van der Waals surface area contributed by atoms with E-state index in [0.29, 0.717) is 0 Å². The number of fused-ring (bicyclic) bond motifs is 1. The first-order valence-corrected chi connectivity index (χ1v) is 8.57. The van der Waals surface area contributed by atoms with Gasteiger partial charge in [0.2, 0.25) is 0 Å². The maximum atomic E-state index is 4.74. The monoisotopic (exact) mass is 305 g/mol. The molecule has 3 aromatic rings. The summed E-state index contributed by atoms with van der Waals surface area (Å²) in [5.74, 6) is 0. The van der Waals surface area contributed by atoms with E-state index in [0.717, 1.165) is 17.8 Å². The van der Waals surface area contributed by atoms with Gasteiger partial charge in [-0.2, -0.15) is 5.10 Å². The molecule has 0 radical (unpaired) electrons. The van der Waals surface area contributed by atoms with Crippen LogP contribution in [0.1, 0.15) is 24.1 Å². The topological polar surface area (TPSA) is 21.1 Å². The maximum Gasteiger partial charge on any atom is 0.0744 e. The molecular weight excluding hydrogens is 282 g/mol. The van der Waals surface area contributed by atoms with Gasteiger partial charge in [0, 0.05) is 11.9 Å². The van der Waals surface area contributed by atoms with Gasteiger partial charge in [-0.1, -0.05) is 24.3 Å². The first-order valence-electron chi connectivity index (χ1n) is 8.57. The molecule has 1 fully saturated rings. The molecule has 3 nitrogen and oxygen atoms in total. The highest BCUT2D eigenvalue weighted by atomic mass is 15.3. The Hall–Kier alpha value is -2.13. The highest BCUT2D eigenvalue weighted by Crippen LogP contribution is 2.23. The Morgan fingerprint density at radius 2 is 1.78 bits per heavy atom. The number of benzene rings is 2. The van der Waals surface area contributed by atoms with Gasteiger partial charge in [0.1, 0.15) is 0 Å². The summed E-state index contributed by atoms with van der Waals surface area (Å²) >= 11 is 0. The summed E-state index contributed by atoms with van der Waals surface area (Å²) in [5, 5.41) is 6.02. The Morgan fingerprint density at radius 3 is 2.57 bits per heavy atom. The summed E-state index contributed by atoms with van der Waals surface area (Å²) in [7, 11) is 0. The molecule has 118 valence electrons. The van der Waals surface area contributed by atoms with Crippen LogP contribution in [0.5, 0.6) is 0 Å². The summed E-state index contributed by atoms with van der Waals surface area (Å²) in [6.07, 6.45) is 3.86. The quantitative estimate of drug-likeness (QED) is 0.727. The third kappa shape index (κ3) is 2.89. The summed E-state index contributed by atoms with van der Waals surface area (Å²) in [6, 6.07) is 17.2. The van der Waals surface area contributed by atoms with Crippen LogP contribution < -0.4 is 0 Å². The minimum atomic E-state index is 1.10. The number of nitrogens with zero attached hydrogens (tertiary/aromatic N) is 3. The molecule has 1 aromatic heterocycles. The molecule has 0 saturated carbocycles. The van der Waals surface area contributed by atoms with Crippen LogP contribution in [0.4, 0.5) is 0 Å². The largest absolute Gasteiger partial charge is 0.303 e. The van der Waals surface area contributed by atoms with E-state index < -0.39 is 0 Å². The smallest absolute Gasteiger partial charge is 0.0744 e. The molecule has 2 aromatic carbocycles. The molecule has 4 rings (SSSR count). The van der Waals surface area contributed by atoms with Crippen molar-refractivity contribution in [3.8, 4) is 5.69 Å². The minimum absolute atomic E-state index is 1.10. The van der Waals surface area contributed by atoms with Gasteiger partial charge in [-0.3, -0.25) is 0 Å². The van der Waals surface area contributed by atoms with Crippen molar-refractivity contribution < 1.29 is 0 Å². The van der Waals surface area contributed by atoms with Crippen LogP contribution in [0.3, 0.4) is 0 Å². The Labute approximate surface area is 137 Å². The SMILES string of the molecule is Cc1nn(-c2ccccc2)c2ccc(CCN3CCCC3)cc12. The lowest BCUT2D eigenvalue weighted by atomic mass is 10.1. The fourth-order valence-corrected chi connectivity index (χ4v) is 3.53. The molecule has 1 aliphatic heterocycles. The van der Waals surface area contributed by atoms with Gasteiger partial charge in [0.05, 0.1) is 16.9 Å². The molecule has 0 atom stereocenters. The summed E-state index contributed by atoms with van der Waals surface area (Å²) in [4.78, 5) is 2.57. The molecule has 0 unspecified atom stereocenters. The lowest BCUT2D eigenvalue weighted by Crippen LogP contribution is -2.21. The number of rotatable bonds is 4. The van der Waals surface area contributed by atoms with E-state index in [1.165, 1.54) is 48.9 Å². The standard InChI is InChI=1S/C20H23N3/c1-16-19-15-17(11-14-22-12-5-6-13-22)9-10-20(19)23(21-16)18-7-3-2-4-8-18/h2-4,7-10,15H,5-6,11-14H2,1H3. The number of para-hydroxylation sites is 1.